The first-order valence-corrected chi connectivity index (χ1v) is 7.38. The molecule has 1 aromatic heterocycles. The summed E-state index contributed by atoms with van der Waals surface area (Å²) in [6, 6.07) is 5.63. The van der Waals surface area contributed by atoms with Crippen molar-refractivity contribution < 1.29 is 4.74 Å². The van der Waals surface area contributed by atoms with Crippen LogP contribution in [0.5, 0.6) is 11.6 Å². The highest BCUT2D eigenvalue weighted by molar-refractivity contribution is 6.32. The van der Waals surface area contributed by atoms with Crippen molar-refractivity contribution in [2.45, 2.75) is 27.3 Å². The largest absolute Gasteiger partial charge is 0.436 e. The number of aryl methyl sites for hydroxylation is 1. The van der Waals surface area contributed by atoms with Crippen LogP contribution in [0.1, 0.15) is 25.1 Å². The zero-order valence-electron chi connectivity index (χ0n) is 12.6. The highest BCUT2D eigenvalue weighted by Gasteiger charge is 2.06. The molecule has 112 valence electrons. The van der Waals surface area contributed by atoms with Crippen molar-refractivity contribution in [3.8, 4) is 11.6 Å². The van der Waals surface area contributed by atoms with Gasteiger partial charge in [0.2, 0.25) is 5.88 Å². The predicted octanol–water partition coefficient (Wildman–Crippen LogP) is 3.98. The zero-order valence-corrected chi connectivity index (χ0v) is 13.3. The first kappa shape index (κ1) is 15.7. The first-order valence-electron chi connectivity index (χ1n) is 7.00. The van der Waals surface area contributed by atoms with Crippen LogP contribution in [0, 0.1) is 12.8 Å². The maximum absolute atomic E-state index is 6.12. The van der Waals surface area contributed by atoms with Crippen LogP contribution in [-0.2, 0) is 6.54 Å². The van der Waals surface area contributed by atoms with Crippen LogP contribution in [0.4, 0.5) is 0 Å². The average molecular weight is 306 g/mol. The van der Waals surface area contributed by atoms with E-state index in [4.69, 9.17) is 16.3 Å². The summed E-state index contributed by atoms with van der Waals surface area (Å²) in [6.45, 7) is 7.93. The smallest absolute Gasteiger partial charge is 0.238 e. The van der Waals surface area contributed by atoms with Gasteiger partial charge in [-0.1, -0.05) is 31.5 Å². The Balaban J connectivity index is 2.05. The predicted molar refractivity (Wildman–Crippen MR) is 84.8 cm³/mol. The number of hydrogen-bond acceptors (Lipinski definition) is 4. The van der Waals surface area contributed by atoms with Crippen LogP contribution in [0.15, 0.2) is 30.6 Å². The van der Waals surface area contributed by atoms with Crippen molar-refractivity contribution in [3.05, 3.63) is 46.9 Å². The number of aromatic nitrogens is 2. The zero-order chi connectivity index (χ0) is 15.2. The van der Waals surface area contributed by atoms with Crippen LogP contribution >= 0.6 is 11.6 Å². The molecule has 0 unspecified atom stereocenters. The Hall–Kier alpha value is -1.65. The molecular formula is C16H20ClN3O. The van der Waals surface area contributed by atoms with Crippen molar-refractivity contribution in [1.82, 2.24) is 15.3 Å². The molecule has 2 rings (SSSR count). The molecule has 0 radical (unpaired) electrons. The van der Waals surface area contributed by atoms with E-state index in [1.165, 1.54) is 0 Å². The van der Waals surface area contributed by atoms with Gasteiger partial charge in [-0.05, 0) is 37.1 Å². The average Bonchev–Trinajstić information content (AvgIpc) is 2.43. The topological polar surface area (TPSA) is 47.0 Å². The molecule has 0 atom stereocenters. The Bertz CT molecular complexity index is 602. The Kier molecular flexibility index (Phi) is 5.53. The van der Waals surface area contributed by atoms with E-state index < -0.39 is 0 Å². The summed E-state index contributed by atoms with van der Waals surface area (Å²) in [4.78, 5) is 8.59. The Morgan fingerprint density at radius 1 is 1.29 bits per heavy atom. The van der Waals surface area contributed by atoms with Gasteiger partial charge in [0.05, 0.1) is 16.9 Å². The summed E-state index contributed by atoms with van der Waals surface area (Å²) < 4.78 is 5.72. The van der Waals surface area contributed by atoms with Crippen molar-refractivity contribution >= 4 is 11.6 Å². The van der Waals surface area contributed by atoms with Gasteiger partial charge in [0.1, 0.15) is 5.75 Å². The molecular weight excluding hydrogens is 286 g/mol. The van der Waals surface area contributed by atoms with Gasteiger partial charge in [0, 0.05) is 12.7 Å². The lowest BCUT2D eigenvalue weighted by Crippen LogP contribution is -2.19. The molecule has 1 aromatic carbocycles. The molecule has 0 aliphatic rings. The molecule has 21 heavy (non-hydrogen) atoms. The van der Waals surface area contributed by atoms with E-state index in [9.17, 15) is 0 Å². The maximum Gasteiger partial charge on any atom is 0.238 e. The number of benzene rings is 1. The minimum atomic E-state index is 0.450. The van der Waals surface area contributed by atoms with Gasteiger partial charge in [-0.25, -0.2) is 4.98 Å². The van der Waals surface area contributed by atoms with Gasteiger partial charge < -0.3 is 10.1 Å². The van der Waals surface area contributed by atoms with E-state index in [0.29, 0.717) is 29.1 Å². The molecule has 0 aliphatic heterocycles. The van der Waals surface area contributed by atoms with Gasteiger partial charge in [-0.15, -0.1) is 0 Å². The third-order valence-electron chi connectivity index (χ3n) is 2.82. The van der Waals surface area contributed by atoms with Gasteiger partial charge in [-0.2, -0.15) is 0 Å². The molecule has 0 spiro atoms. The summed E-state index contributed by atoms with van der Waals surface area (Å²) in [6.07, 6.45) is 3.32. The Labute approximate surface area is 130 Å². The van der Waals surface area contributed by atoms with Gasteiger partial charge >= 0.3 is 0 Å². The number of nitrogens with zero attached hydrogens (tertiary/aromatic N) is 2. The third-order valence-corrected chi connectivity index (χ3v) is 3.13. The number of halogens is 1. The molecule has 5 heteroatoms. The minimum absolute atomic E-state index is 0.450. The highest BCUT2D eigenvalue weighted by atomic mass is 35.5. The normalized spacial score (nSPS) is 10.9. The molecule has 0 saturated carbocycles. The van der Waals surface area contributed by atoms with Gasteiger partial charge in [0.15, 0.2) is 0 Å². The fourth-order valence-electron chi connectivity index (χ4n) is 1.81. The summed E-state index contributed by atoms with van der Waals surface area (Å²) in [5, 5.41) is 3.89. The fourth-order valence-corrected chi connectivity index (χ4v) is 1.97. The molecule has 0 fully saturated rings. The summed E-state index contributed by atoms with van der Waals surface area (Å²) in [5.41, 5.74) is 1.93. The Morgan fingerprint density at radius 3 is 2.86 bits per heavy atom. The van der Waals surface area contributed by atoms with E-state index >= 15 is 0 Å². The van der Waals surface area contributed by atoms with E-state index in [0.717, 1.165) is 17.8 Å². The van der Waals surface area contributed by atoms with E-state index in [1.807, 2.05) is 25.1 Å². The monoisotopic (exact) mass is 305 g/mol. The van der Waals surface area contributed by atoms with Crippen molar-refractivity contribution in [2.75, 3.05) is 6.54 Å². The van der Waals surface area contributed by atoms with Gasteiger partial charge in [0.25, 0.3) is 0 Å². The lowest BCUT2D eigenvalue weighted by Gasteiger charge is -2.09. The summed E-state index contributed by atoms with van der Waals surface area (Å²) in [5.74, 6) is 1.65. The second kappa shape index (κ2) is 7.38. The lowest BCUT2D eigenvalue weighted by atomic mass is 10.2. The van der Waals surface area contributed by atoms with Gasteiger partial charge in [-0.3, -0.25) is 4.98 Å². The van der Waals surface area contributed by atoms with Crippen LogP contribution in [0.3, 0.4) is 0 Å². The maximum atomic E-state index is 6.12. The molecule has 4 nitrogen and oxygen atoms in total. The number of nitrogens with one attached hydrogen (secondary N) is 1. The summed E-state index contributed by atoms with van der Waals surface area (Å²) >= 11 is 6.12. The fraction of sp³-hybridized carbons (Fsp3) is 0.375. The van der Waals surface area contributed by atoms with Crippen LogP contribution in [0.2, 0.25) is 5.02 Å². The molecule has 0 aliphatic carbocycles. The quantitative estimate of drug-likeness (QED) is 0.877. The molecule has 0 saturated heterocycles. The van der Waals surface area contributed by atoms with Crippen LogP contribution < -0.4 is 10.1 Å². The second-order valence-electron chi connectivity index (χ2n) is 5.41. The molecule has 2 aromatic rings. The van der Waals surface area contributed by atoms with E-state index in [2.05, 4.69) is 29.1 Å². The third kappa shape index (κ3) is 4.99. The number of hydrogen-bond donors (Lipinski definition) is 1. The standard InChI is InChI=1S/C16H20ClN3O/c1-11(2)7-18-8-13-9-19-10-16(20-13)21-15-6-12(3)4-5-14(15)17/h4-6,9-11,18H,7-8H2,1-3H3. The SMILES string of the molecule is Cc1ccc(Cl)c(Oc2cncc(CNCC(C)C)n2)c1. The van der Waals surface area contributed by atoms with Crippen LogP contribution in [-0.4, -0.2) is 16.5 Å². The molecule has 0 bridgehead atoms. The molecule has 0 amide bonds. The second-order valence-corrected chi connectivity index (χ2v) is 5.82. The van der Waals surface area contributed by atoms with Crippen molar-refractivity contribution in [1.29, 1.82) is 0 Å². The first-order chi connectivity index (χ1) is 10.0. The molecule has 1 heterocycles. The summed E-state index contributed by atoms with van der Waals surface area (Å²) in [7, 11) is 0. The van der Waals surface area contributed by atoms with Crippen LogP contribution in [0.25, 0.3) is 0 Å². The van der Waals surface area contributed by atoms with Crippen molar-refractivity contribution in [2.24, 2.45) is 5.92 Å². The minimum Gasteiger partial charge on any atom is -0.436 e. The number of rotatable bonds is 6. The highest BCUT2D eigenvalue weighted by Crippen LogP contribution is 2.28. The van der Waals surface area contributed by atoms with E-state index in [-0.39, 0.29) is 0 Å². The van der Waals surface area contributed by atoms with E-state index in [1.54, 1.807) is 12.4 Å². The Morgan fingerprint density at radius 2 is 2.10 bits per heavy atom. The lowest BCUT2D eigenvalue weighted by molar-refractivity contribution is 0.455. The van der Waals surface area contributed by atoms with Crippen molar-refractivity contribution in [3.63, 3.8) is 0 Å². The number of ether oxygens (including phenoxy) is 1. The molecule has 1 N–H and O–H groups in total.